The van der Waals surface area contributed by atoms with Gasteiger partial charge in [0.25, 0.3) is 0 Å². The minimum Gasteiger partial charge on any atom is -0.328 e. The van der Waals surface area contributed by atoms with Crippen LogP contribution in [0.4, 0.5) is 0 Å². The summed E-state index contributed by atoms with van der Waals surface area (Å²) >= 11 is 8.31. The maximum atomic E-state index is 5.98. The molecule has 1 heterocycles. The number of aryl methyl sites for hydroxylation is 2. The van der Waals surface area contributed by atoms with Crippen molar-refractivity contribution in [2.24, 2.45) is 0 Å². The summed E-state index contributed by atoms with van der Waals surface area (Å²) in [4.78, 5) is 7.16. The lowest BCUT2D eigenvalue weighted by atomic mass is 10.2. The van der Waals surface area contributed by atoms with E-state index in [4.69, 9.17) is 16.6 Å². The van der Waals surface area contributed by atoms with E-state index in [9.17, 15) is 0 Å². The second-order valence-corrected chi connectivity index (χ2v) is 7.95. The Kier molecular flexibility index (Phi) is 6.73. The maximum Gasteiger partial charge on any atom is 0.111 e. The Morgan fingerprint density at radius 1 is 1.16 bits per heavy atom. The summed E-state index contributed by atoms with van der Waals surface area (Å²) in [6, 6.07) is 17.1. The summed E-state index contributed by atoms with van der Waals surface area (Å²) in [7, 11) is 2.18. The lowest BCUT2D eigenvalue weighted by Gasteiger charge is -2.17. The number of fused-ring (bicyclic) bond motifs is 1. The van der Waals surface area contributed by atoms with E-state index in [2.05, 4.69) is 87.6 Å². The van der Waals surface area contributed by atoms with Crippen LogP contribution in [0.25, 0.3) is 11.0 Å². The van der Waals surface area contributed by atoms with Gasteiger partial charge in [-0.2, -0.15) is 0 Å². The van der Waals surface area contributed by atoms with Gasteiger partial charge in [-0.25, -0.2) is 4.98 Å². The quantitative estimate of drug-likeness (QED) is 0.345. The first-order chi connectivity index (χ1) is 12.2. The summed E-state index contributed by atoms with van der Waals surface area (Å²) in [5, 5.41) is 0. The summed E-state index contributed by atoms with van der Waals surface area (Å²) < 4.78 is 3.55. The van der Waals surface area contributed by atoms with Crippen LogP contribution in [0.15, 0.2) is 48.5 Å². The van der Waals surface area contributed by atoms with Crippen molar-refractivity contribution in [3.63, 3.8) is 0 Å². The first-order valence-corrected chi connectivity index (χ1v) is 10.2. The highest BCUT2D eigenvalue weighted by Gasteiger charge is 2.11. The van der Waals surface area contributed by atoms with Gasteiger partial charge in [0.05, 0.1) is 11.0 Å². The molecular formula is C20H23ClIN3. The van der Waals surface area contributed by atoms with Crippen LogP contribution in [0.1, 0.15) is 17.8 Å². The van der Waals surface area contributed by atoms with Crippen molar-refractivity contribution >= 4 is 45.2 Å². The van der Waals surface area contributed by atoms with Crippen LogP contribution < -0.4 is 0 Å². The normalized spacial score (nSPS) is 11.5. The number of benzene rings is 2. The first kappa shape index (κ1) is 18.7. The number of hydrogen-bond donors (Lipinski definition) is 0. The van der Waals surface area contributed by atoms with Crippen LogP contribution in [-0.4, -0.2) is 33.9 Å². The van der Waals surface area contributed by atoms with E-state index >= 15 is 0 Å². The molecule has 0 radical (unpaired) electrons. The van der Waals surface area contributed by atoms with Gasteiger partial charge < -0.3 is 9.47 Å². The molecule has 5 heteroatoms. The molecule has 0 fully saturated rings. The maximum absolute atomic E-state index is 5.98. The Labute approximate surface area is 168 Å². The van der Waals surface area contributed by atoms with E-state index in [-0.39, 0.29) is 0 Å². The van der Waals surface area contributed by atoms with Gasteiger partial charge in [-0.15, -0.1) is 11.6 Å². The van der Waals surface area contributed by atoms with Crippen molar-refractivity contribution < 1.29 is 0 Å². The fraction of sp³-hybridized carbons (Fsp3) is 0.350. The molecule has 3 aromatic rings. The molecule has 0 unspecified atom stereocenters. The SMILES string of the molecule is CN(CCCn1c(CCCl)nc2cc(I)ccc21)Cc1ccccc1. The van der Waals surface area contributed by atoms with Crippen LogP contribution in [0.2, 0.25) is 0 Å². The van der Waals surface area contributed by atoms with Crippen LogP contribution >= 0.6 is 34.2 Å². The molecule has 25 heavy (non-hydrogen) atoms. The molecule has 0 aliphatic rings. The van der Waals surface area contributed by atoms with Gasteiger partial charge in [0.2, 0.25) is 0 Å². The lowest BCUT2D eigenvalue weighted by Crippen LogP contribution is -2.20. The molecule has 3 rings (SSSR count). The summed E-state index contributed by atoms with van der Waals surface area (Å²) in [6.07, 6.45) is 1.91. The minimum absolute atomic E-state index is 0.605. The van der Waals surface area contributed by atoms with Gasteiger partial charge in [-0.05, 0) is 66.4 Å². The molecule has 0 aliphatic heterocycles. The largest absolute Gasteiger partial charge is 0.328 e. The fourth-order valence-corrected chi connectivity index (χ4v) is 3.79. The Bertz CT molecular complexity index is 816. The highest BCUT2D eigenvalue weighted by atomic mass is 127. The van der Waals surface area contributed by atoms with Gasteiger partial charge in [0, 0.05) is 29.0 Å². The molecule has 0 saturated heterocycles. The summed E-state index contributed by atoms with van der Waals surface area (Å²) in [6.45, 7) is 3.01. The summed E-state index contributed by atoms with van der Waals surface area (Å²) in [5.41, 5.74) is 3.64. The van der Waals surface area contributed by atoms with Crippen molar-refractivity contribution in [3.8, 4) is 0 Å². The Hall–Kier alpha value is -1.11. The number of rotatable bonds is 8. The van der Waals surface area contributed by atoms with Crippen LogP contribution in [0.3, 0.4) is 0 Å². The second kappa shape index (κ2) is 9.01. The van der Waals surface area contributed by atoms with Crippen molar-refractivity contribution in [1.29, 1.82) is 0 Å². The number of alkyl halides is 1. The average molecular weight is 468 g/mol. The Balaban J connectivity index is 1.65. The standard InChI is InChI=1S/C20H23ClIN3/c1-24(15-16-6-3-2-4-7-16)12-5-13-25-19-9-8-17(22)14-18(19)23-20(25)10-11-21/h2-4,6-9,14H,5,10-13,15H2,1H3. The Morgan fingerprint density at radius 3 is 2.72 bits per heavy atom. The predicted molar refractivity (Wildman–Crippen MR) is 114 cm³/mol. The van der Waals surface area contributed by atoms with Gasteiger partial charge in [0.1, 0.15) is 5.82 Å². The monoisotopic (exact) mass is 467 g/mol. The number of imidazole rings is 1. The molecule has 0 aliphatic carbocycles. The lowest BCUT2D eigenvalue weighted by molar-refractivity contribution is 0.314. The van der Waals surface area contributed by atoms with E-state index in [0.29, 0.717) is 5.88 Å². The topological polar surface area (TPSA) is 21.1 Å². The number of nitrogens with zero attached hydrogens (tertiary/aromatic N) is 3. The third-order valence-electron chi connectivity index (χ3n) is 4.32. The first-order valence-electron chi connectivity index (χ1n) is 8.60. The third kappa shape index (κ3) is 4.96. The summed E-state index contributed by atoms with van der Waals surface area (Å²) in [5.74, 6) is 1.70. The van der Waals surface area contributed by atoms with Gasteiger partial charge in [-0.3, -0.25) is 0 Å². The number of hydrogen-bond acceptors (Lipinski definition) is 2. The molecule has 0 bridgehead atoms. The zero-order valence-electron chi connectivity index (χ0n) is 14.5. The molecule has 0 amide bonds. The zero-order chi connectivity index (χ0) is 17.6. The van der Waals surface area contributed by atoms with E-state index in [1.807, 2.05) is 0 Å². The molecule has 0 atom stereocenters. The van der Waals surface area contributed by atoms with E-state index < -0.39 is 0 Å². The van der Waals surface area contributed by atoms with Crippen molar-refractivity contribution in [1.82, 2.24) is 14.5 Å². The molecule has 2 aromatic carbocycles. The fourth-order valence-electron chi connectivity index (χ4n) is 3.15. The Morgan fingerprint density at radius 2 is 1.96 bits per heavy atom. The molecule has 0 spiro atoms. The van der Waals surface area contributed by atoms with Crippen LogP contribution in [0, 0.1) is 3.57 Å². The molecular weight excluding hydrogens is 445 g/mol. The minimum atomic E-state index is 0.605. The van der Waals surface area contributed by atoms with Crippen molar-refractivity contribution in [2.75, 3.05) is 19.5 Å². The molecule has 3 nitrogen and oxygen atoms in total. The number of aromatic nitrogens is 2. The van der Waals surface area contributed by atoms with E-state index in [1.165, 1.54) is 14.7 Å². The average Bonchev–Trinajstić information content (AvgIpc) is 2.93. The number of halogens is 2. The zero-order valence-corrected chi connectivity index (χ0v) is 17.4. The van der Waals surface area contributed by atoms with Crippen LogP contribution in [0.5, 0.6) is 0 Å². The van der Waals surface area contributed by atoms with Gasteiger partial charge >= 0.3 is 0 Å². The van der Waals surface area contributed by atoms with Crippen molar-refractivity contribution in [3.05, 3.63) is 63.5 Å². The van der Waals surface area contributed by atoms with Crippen molar-refractivity contribution in [2.45, 2.75) is 25.9 Å². The second-order valence-electron chi connectivity index (χ2n) is 6.33. The molecule has 132 valence electrons. The molecule has 0 N–H and O–H groups in total. The third-order valence-corrected chi connectivity index (χ3v) is 5.18. The van der Waals surface area contributed by atoms with Crippen LogP contribution in [-0.2, 0) is 19.5 Å². The highest BCUT2D eigenvalue weighted by Crippen LogP contribution is 2.20. The molecule has 1 aromatic heterocycles. The molecule has 0 saturated carbocycles. The van der Waals surface area contributed by atoms with E-state index in [0.717, 1.165) is 43.8 Å². The highest BCUT2D eigenvalue weighted by molar-refractivity contribution is 14.1. The smallest absolute Gasteiger partial charge is 0.111 e. The van der Waals surface area contributed by atoms with Gasteiger partial charge in [-0.1, -0.05) is 30.3 Å². The predicted octanol–water partition coefficient (Wildman–Crippen LogP) is 4.94. The van der Waals surface area contributed by atoms with E-state index in [1.54, 1.807) is 0 Å². The van der Waals surface area contributed by atoms with Gasteiger partial charge in [0.15, 0.2) is 0 Å².